The number of anilines is 3. The first-order valence-electron chi connectivity index (χ1n) is 10.4. The number of aliphatic hydroxyl groups excluding tert-OH is 1. The van der Waals surface area contributed by atoms with Gasteiger partial charge >= 0.3 is 0 Å². The van der Waals surface area contributed by atoms with Crippen LogP contribution in [-0.2, 0) is 0 Å². The van der Waals surface area contributed by atoms with Crippen molar-refractivity contribution in [1.29, 1.82) is 0 Å². The molecule has 9 heteroatoms. The highest BCUT2D eigenvalue weighted by Gasteiger charge is 2.27. The number of rotatable bonds is 5. The van der Waals surface area contributed by atoms with E-state index in [-0.39, 0.29) is 12.6 Å². The number of H-pyrrole nitrogens is 1. The molecule has 1 aliphatic heterocycles. The fourth-order valence-corrected chi connectivity index (χ4v) is 4.28. The highest BCUT2D eigenvalue weighted by molar-refractivity contribution is 5.81. The van der Waals surface area contributed by atoms with Crippen LogP contribution >= 0.6 is 0 Å². The fourth-order valence-electron chi connectivity index (χ4n) is 4.28. The first-order valence-corrected chi connectivity index (χ1v) is 10.4. The van der Waals surface area contributed by atoms with E-state index in [1.807, 2.05) is 39.8 Å². The van der Waals surface area contributed by atoms with E-state index in [1.165, 1.54) is 0 Å². The molecule has 1 unspecified atom stereocenters. The van der Waals surface area contributed by atoms with Gasteiger partial charge in [0.05, 0.1) is 18.8 Å². The molecule has 0 saturated carbocycles. The Balaban J connectivity index is 1.34. The monoisotopic (exact) mass is 414 g/mol. The Bertz CT molecular complexity index is 1370. The van der Waals surface area contributed by atoms with Gasteiger partial charge in [0.25, 0.3) is 0 Å². The Morgan fingerprint density at radius 3 is 3.13 bits per heavy atom. The predicted octanol–water partition coefficient (Wildman–Crippen LogP) is 3.10. The first-order chi connectivity index (χ1) is 15.3. The molecule has 0 aliphatic carbocycles. The molecule has 0 radical (unpaired) electrons. The molecule has 5 heterocycles. The summed E-state index contributed by atoms with van der Waals surface area (Å²) in [4.78, 5) is 14.6. The number of aromatic amines is 1. The minimum absolute atomic E-state index is 0.0587. The van der Waals surface area contributed by atoms with Crippen molar-refractivity contribution in [3.8, 4) is 5.69 Å². The van der Waals surface area contributed by atoms with E-state index in [1.54, 1.807) is 6.33 Å². The number of hydrogen-bond donors (Lipinski definition) is 3. The van der Waals surface area contributed by atoms with E-state index in [4.69, 9.17) is 4.98 Å². The van der Waals surface area contributed by atoms with Gasteiger partial charge in [0, 0.05) is 35.5 Å². The average Bonchev–Trinajstić information content (AvgIpc) is 3.59. The Kier molecular flexibility index (Phi) is 4.13. The van der Waals surface area contributed by atoms with Gasteiger partial charge in [-0.3, -0.25) is 0 Å². The first kappa shape index (κ1) is 18.0. The largest absolute Gasteiger partial charge is 0.394 e. The third-order valence-corrected chi connectivity index (χ3v) is 5.89. The normalized spacial score (nSPS) is 16.5. The lowest BCUT2D eigenvalue weighted by Gasteiger charge is -2.23. The van der Waals surface area contributed by atoms with Gasteiger partial charge in [-0.05, 0) is 49.2 Å². The van der Waals surface area contributed by atoms with Gasteiger partial charge in [-0.2, -0.15) is 4.98 Å². The summed E-state index contributed by atoms with van der Waals surface area (Å²) in [7, 11) is 0. The van der Waals surface area contributed by atoms with Crippen LogP contribution in [0.3, 0.4) is 0 Å². The van der Waals surface area contributed by atoms with E-state index in [2.05, 4.69) is 49.5 Å². The van der Waals surface area contributed by atoms with Crippen LogP contribution in [0.15, 0.2) is 61.3 Å². The van der Waals surface area contributed by atoms with Gasteiger partial charge in [0.1, 0.15) is 17.7 Å². The highest BCUT2D eigenvalue weighted by Crippen LogP contribution is 2.27. The van der Waals surface area contributed by atoms with Crippen molar-refractivity contribution in [3.05, 3.63) is 61.3 Å². The van der Waals surface area contributed by atoms with E-state index in [9.17, 15) is 5.11 Å². The van der Waals surface area contributed by atoms with Gasteiger partial charge in [0.2, 0.25) is 5.95 Å². The Hall–Kier alpha value is -3.85. The van der Waals surface area contributed by atoms with Crippen molar-refractivity contribution in [1.82, 2.24) is 29.1 Å². The molecule has 1 fully saturated rings. The minimum atomic E-state index is 0.0587. The topological polar surface area (TPSA) is 99.3 Å². The molecule has 0 spiro atoms. The van der Waals surface area contributed by atoms with Crippen molar-refractivity contribution in [2.24, 2.45) is 0 Å². The van der Waals surface area contributed by atoms with Gasteiger partial charge < -0.3 is 24.9 Å². The zero-order valence-electron chi connectivity index (χ0n) is 16.8. The Morgan fingerprint density at radius 1 is 1.23 bits per heavy atom. The molecular formula is C22H22N8O. The maximum Gasteiger partial charge on any atom is 0.245 e. The third kappa shape index (κ3) is 3.10. The standard InChI is InChI=1S/C22H22N8O/c31-13-17-3-1-9-29(17)22-26-21(19-4-2-10-30(19)27-22)25-20-12-28(14-24-20)16-5-6-18-15(11-16)7-8-23-18/h2,4-8,10-12,14,17,23,31H,1,3,9,13H2,(H,25,26,27). The van der Waals surface area contributed by atoms with Gasteiger partial charge in [-0.1, -0.05) is 0 Å². The molecular weight excluding hydrogens is 392 g/mol. The van der Waals surface area contributed by atoms with Crippen LogP contribution in [0.1, 0.15) is 12.8 Å². The second-order valence-electron chi connectivity index (χ2n) is 7.81. The SMILES string of the molecule is OCC1CCCN1c1nc(Nc2cn(-c3ccc4[nH]ccc4c3)cn2)c2cccn2n1. The predicted molar refractivity (Wildman–Crippen MR) is 119 cm³/mol. The summed E-state index contributed by atoms with van der Waals surface area (Å²) in [5, 5.41) is 18.9. The Labute approximate surface area is 178 Å². The van der Waals surface area contributed by atoms with Crippen LogP contribution < -0.4 is 10.2 Å². The van der Waals surface area contributed by atoms with Crippen molar-refractivity contribution < 1.29 is 5.11 Å². The summed E-state index contributed by atoms with van der Waals surface area (Å²) in [6.07, 6.45) is 9.55. The van der Waals surface area contributed by atoms with E-state index >= 15 is 0 Å². The number of aliphatic hydroxyl groups is 1. The van der Waals surface area contributed by atoms with E-state index in [0.717, 1.165) is 41.5 Å². The van der Waals surface area contributed by atoms with Crippen LogP contribution in [0, 0.1) is 0 Å². The van der Waals surface area contributed by atoms with Crippen LogP contribution in [0.5, 0.6) is 0 Å². The van der Waals surface area contributed by atoms with Gasteiger partial charge in [-0.25, -0.2) is 9.50 Å². The second kappa shape index (κ2) is 7.13. The number of imidazole rings is 1. The molecule has 31 heavy (non-hydrogen) atoms. The van der Waals surface area contributed by atoms with Crippen LogP contribution in [-0.4, -0.2) is 53.4 Å². The van der Waals surface area contributed by atoms with Crippen molar-refractivity contribution in [2.45, 2.75) is 18.9 Å². The van der Waals surface area contributed by atoms with Crippen molar-refractivity contribution >= 4 is 34.0 Å². The van der Waals surface area contributed by atoms with Crippen molar-refractivity contribution in [3.63, 3.8) is 0 Å². The molecule has 156 valence electrons. The van der Waals surface area contributed by atoms with Gasteiger partial charge in [-0.15, -0.1) is 5.10 Å². The second-order valence-corrected chi connectivity index (χ2v) is 7.81. The average molecular weight is 414 g/mol. The molecule has 4 aromatic heterocycles. The number of aromatic nitrogens is 6. The van der Waals surface area contributed by atoms with Crippen LogP contribution in [0.25, 0.3) is 22.1 Å². The molecule has 0 amide bonds. The lowest BCUT2D eigenvalue weighted by Crippen LogP contribution is -2.34. The fraction of sp³-hybridized carbons (Fsp3) is 0.227. The Morgan fingerprint density at radius 2 is 2.19 bits per heavy atom. The zero-order chi connectivity index (χ0) is 20.8. The molecule has 5 aromatic rings. The number of fused-ring (bicyclic) bond motifs is 2. The maximum atomic E-state index is 9.70. The lowest BCUT2D eigenvalue weighted by atomic mass is 10.2. The summed E-state index contributed by atoms with van der Waals surface area (Å²) < 4.78 is 3.79. The minimum Gasteiger partial charge on any atom is -0.394 e. The molecule has 1 aliphatic rings. The number of benzene rings is 1. The molecule has 1 saturated heterocycles. The van der Waals surface area contributed by atoms with Crippen LogP contribution in [0.4, 0.5) is 17.6 Å². The van der Waals surface area contributed by atoms with Gasteiger partial charge in [0.15, 0.2) is 5.82 Å². The van der Waals surface area contributed by atoms with E-state index < -0.39 is 0 Å². The molecule has 9 nitrogen and oxygen atoms in total. The highest BCUT2D eigenvalue weighted by atomic mass is 16.3. The number of nitrogens with one attached hydrogen (secondary N) is 2. The molecule has 1 aromatic carbocycles. The lowest BCUT2D eigenvalue weighted by molar-refractivity contribution is 0.265. The number of hydrogen-bond acceptors (Lipinski definition) is 6. The summed E-state index contributed by atoms with van der Waals surface area (Å²) in [6.45, 7) is 0.944. The summed E-state index contributed by atoms with van der Waals surface area (Å²) >= 11 is 0. The molecule has 0 bridgehead atoms. The zero-order valence-corrected chi connectivity index (χ0v) is 16.8. The van der Waals surface area contributed by atoms with Crippen LogP contribution in [0.2, 0.25) is 0 Å². The quantitative estimate of drug-likeness (QED) is 0.409. The molecule has 3 N–H and O–H groups in total. The maximum absolute atomic E-state index is 9.70. The molecule has 1 atom stereocenters. The summed E-state index contributed by atoms with van der Waals surface area (Å²) in [5.74, 6) is 1.99. The summed E-state index contributed by atoms with van der Waals surface area (Å²) in [6, 6.07) is 12.3. The van der Waals surface area contributed by atoms with E-state index in [0.29, 0.717) is 17.6 Å². The van der Waals surface area contributed by atoms with Crippen molar-refractivity contribution in [2.75, 3.05) is 23.4 Å². The summed E-state index contributed by atoms with van der Waals surface area (Å²) in [5.41, 5.74) is 3.01. The smallest absolute Gasteiger partial charge is 0.245 e. The third-order valence-electron chi connectivity index (χ3n) is 5.89. The molecule has 6 rings (SSSR count). The number of nitrogens with zero attached hydrogens (tertiary/aromatic N) is 6.